The summed E-state index contributed by atoms with van der Waals surface area (Å²) >= 11 is 1.21. The number of β-amino-alcohol motifs (C(OH)–C–C–N with tert-alkyl or cyclic N) is 1. The normalized spacial score (nSPS) is 22.1. The Hall–Kier alpha value is -1.68. The number of nitrogens with zero attached hydrogens (tertiary/aromatic N) is 6. The van der Waals surface area contributed by atoms with Gasteiger partial charge >= 0.3 is 6.18 Å². The molecule has 0 saturated carbocycles. The molecule has 47 heavy (non-hydrogen) atoms. The Bertz CT molecular complexity index is 1470. The van der Waals surface area contributed by atoms with E-state index in [0.29, 0.717) is 48.1 Å². The molecule has 3 saturated heterocycles. The number of benzene rings is 1. The van der Waals surface area contributed by atoms with Crippen LogP contribution in [0.25, 0.3) is 11.3 Å². The van der Waals surface area contributed by atoms with E-state index in [9.17, 15) is 26.7 Å². The molecule has 0 amide bonds. The van der Waals surface area contributed by atoms with Crippen LogP contribution in [0.5, 0.6) is 0 Å². The molecular weight excluding hydrogens is 650 g/mol. The van der Waals surface area contributed by atoms with Crippen LogP contribution in [-0.4, -0.2) is 125 Å². The highest BCUT2D eigenvalue weighted by Gasteiger charge is 2.35. The third-order valence-corrected chi connectivity index (χ3v) is 12.6. The molecule has 0 bridgehead atoms. The van der Waals surface area contributed by atoms with Gasteiger partial charge in [-0.05, 0) is 89.9 Å². The molecule has 2 aromatic rings. The van der Waals surface area contributed by atoms with Crippen LogP contribution in [0.2, 0.25) is 0 Å². The quantitative estimate of drug-likeness (QED) is 0.347. The van der Waals surface area contributed by atoms with Gasteiger partial charge in [0.15, 0.2) is 0 Å². The molecule has 4 aliphatic heterocycles. The van der Waals surface area contributed by atoms with Crippen molar-refractivity contribution in [3.63, 3.8) is 0 Å². The Morgan fingerprint density at radius 2 is 1.66 bits per heavy atom. The van der Waals surface area contributed by atoms with Crippen molar-refractivity contribution in [2.75, 3.05) is 70.9 Å². The zero-order valence-electron chi connectivity index (χ0n) is 27.4. The smallest absolute Gasteiger partial charge is 0.390 e. The molecule has 5 heterocycles. The second-order valence-corrected chi connectivity index (χ2v) is 16.8. The summed E-state index contributed by atoms with van der Waals surface area (Å²) in [4.78, 5) is 7.38. The predicted molar refractivity (Wildman–Crippen MR) is 179 cm³/mol. The highest BCUT2D eigenvalue weighted by Crippen LogP contribution is 2.40. The third-order valence-electron chi connectivity index (χ3n) is 10.3. The van der Waals surface area contributed by atoms with Crippen molar-refractivity contribution in [3.05, 3.63) is 35.0 Å². The topological polar surface area (TPSA) is 85.1 Å². The van der Waals surface area contributed by atoms with Gasteiger partial charge in [0.05, 0.1) is 30.2 Å². The summed E-state index contributed by atoms with van der Waals surface area (Å²) in [7, 11) is -3.49. The number of aliphatic hydroxyl groups excluding tert-OH is 1. The molecule has 1 aromatic carbocycles. The average Bonchev–Trinajstić information content (AvgIpc) is 3.70. The van der Waals surface area contributed by atoms with Gasteiger partial charge < -0.3 is 19.8 Å². The van der Waals surface area contributed by atoms with E-state index >= 15 is 0 Å². The molecule has 262 valence electrons. The number of likely N-dealkylation sites (tertiary alicyclic amines) is 3. The standard InChI is InChI=1S/C33H49F3N6O3S2/c1-47(44,45)41-18-11-30-28(24-41)32(37-42(30)23-27(43)22-39-16-9-26(10-17-39)40-14-5-6-15-40)25-7-8-29(33(34,35)36)31(21-25)46-20-19-38-12-3-2-4-13-38/h7-8,21,26-27,43H,2-6,9-20,22-24H2,1H3. The van der Waals surface area contributed by atoms with Crippen molar-refractivity contribution in [3.8, 4) is 11.3 Å². The first-order chi connectivity index (χ1) is 22.5. The number of halogens is 3. The van der Waals surface area contributed by atoms with Gasteiger partial charge in [0, 0.05) is 66.1 Å². The Morgan fingerprint density at radius 3 is 2.34 bits per heavy atom. The Kier molecular flexibility index (Phi) is 11.3. The Balaban J connectivity index is 1.21. The zero-order chi connectivity index (χ0) is 33.2. The molecule has 1 aromatic heterocycles. The molecule has 4 aliphatic rings. The molecule has 1 atom stereocenters. The first-order valence-corrected chi connectivity index (χ1v) is 20.0. The zero-order valence-corrected chi connectivity index (χ0v) is 29.1. The van der Waals surface area contributed by atoms with Gasteiger partial charge in [0.25, 0.3) is 0 Å². The van der Waals surface area contributed by atoms with Gasteiger partial charge in [-0.25, -0.2) is 8.42 Å². The number of alkyl halides is 3. The molecule has 0 aliphatic carbocycles. The van der Waals surface area contributed by atoms with E-state index in [1.807, 2.05) is 0 Å². The van der Waals surface area contributed by atoms with Gasteiger partial charge in [0.1, 0.15) is 0 Å². The van der Waals surface area contributed by atoms with Crippen LogP contribution < -0.4 is 0 Å². The predicted octanol–water partition coefficient (Wildman–Crippen LogP) is 4.39. The monoisotopic (exact) mass is 698 g/mol. The number of piperidine rings is 2. The number of aliphatic hydroxyl groups is 1. The molecule has 3 fully saturated rings. The van der Waals surface area contributed by atoms with E-state index in [4.69, 9.17) is 5.10 Å². The van der Waals surface area contributed by atoms with E-state index in [2.05, 4.69) is 14.7 Å². The van der Waals surface area contributed by atoms with Crippen molar-refractivity contribution in [2.45, 2.75) is 87.7 Å². The van der Waals surface area contributed by atoms with Crippen LogP contribution in [0.3, 0.4) is 0 Å². The van der Waals surface area contributed by atoms with Crippen molar-refractivity contribution in [1.29, 1.82) is 0 Å². The second-order valence-electron chi connectivity index (χ2n) is 13.7. The SMILES string of the molecule is CS(=O)(=O)N1CCc2c(c(-c3ccc(C(F)(F)F)c(SCCN4CCCCC4)c3)nn2CC(O)CN2CCC(N3CCCC3)CC2)C1. The van der Waals surface area contributed by atoms with Gasteiger partial charge in [-0.15, -0.1) is 11.8 Å². The summed E-state index contributed by atoms with van der Waals surface area (Å²) in [5.41, 5.74) is 1.89. The van der Waals surface area contributed by atoms with E-state index < -0.39 is 27.9 Å². The fourth-order valence-corrected chi connectivity index (χ4v) is 9.66. The minimum absolute atomic E-state index is 0.0993. The molecule has 14 heteroatoms. The maximum atomic E-state index is 14.1. The summed E-state index contributed by atoms with van der Waals surface area (Å²) in [6.07, 6.45) is 4.62. The molecule has 1 N–H and O–H groups in total. The number of sulfonamides is 1. The number of aromatic nitrogens is 2. The third kappa shape index (κ3) is 8.74. The summed E-state index contributed by atoms with van der Waals surface area (Å²) in [6.45, 7) is 8.10. The van der Waals surface area contributed by atoms with Gasteiger partial charge in [0.2, 0.25) is 10.0 Å². The summed E-state index contributed by atoms with van der Waals surface area (Å²) in [6, 6.07) is 4.77. The maximum Gasteiger partial charge on any atom is 0.417 e. The van der Waals surface area contributed by atoms with Crippen molar-refractivity contribution in [1.82, 2.24) is 28.8 Å². The van der Waals surface area contributed by atoms with E-state index in [1.165, 1.54) is 60.7 Å². The minimum Gasteiger partial charge on any atom is -0.390 e. The van der Waals surface area contributed by atoms with Crippen LogP contribution in [0, 0.1) is 0 Å². The number of hydrogen-bond donors (Lipinski definition) is 1. The fourth-order valence-electron chi connectivity index (χ4n) is 7.75. The van der Waals surface area contributed by atoms with Crippen LogP contribution in [0.4, 0.5) is 13.2 Å². The number of hydrogen-bond acceptors (Lipinski definition) is 8. The number of rotatable bonds is 11. The highest BCUT2D eigenvalue weighted by atomic mass is 32.2. The summed E-state index contributed by atoms with van der Waals surface area (Å²) in [5.74, 6) is 0.544. The fraction of sp³-hybridized carbons (Fsp3) is 0.727. The molecule has 0 radical (unpaired) electrons. The first kappa shape index (κ1) is 35.2. The molecule has 9 nitrogen and oxygen atoms in total. The highest BCUT2D eigenvalue weighted by molar-refractivity contribution is 7.99. The first-order valence-electron chi connectivity index (χ1n) is 17.2. The Morgan fingerprint density at radius 1 is 0.957 bits per heavy atom. The van der Waals surface area contributed by atoms with Gasteiger partial charge in [-0.1, -0.05) is 12.5 Å². The van der Waals surface area contributed by atoms with Crippen LogP contribution in [0.15, 0.2) is 23.1 Å². The van der Waals surface area contributed by atoms with Crippen molar-refractivity contribution < 1.29 is 26.7 Å². The van der Waals surface area contributed by atoms with Crippen molar-refractivity contribution in [2.24, 2.45) is 0 Å². The summed E-state index contributed by atoms with van der Waals surface area (Å²) < 4.78 is 70.6. The van der Waals surface area contributed by atoms with E-state index in [0.717, 1.165) is 70.2 Å². The maximum absolute atomic E-state index is 14.1. The van der Waals surface area contributed by atoms with Gasteiger partial charge in [-0.2, -0.15) is 22.6 Å². The van der Waals surface area contributed by atoms with Gasteiger partial charge in [-0.3, -0.25) is 4.68 Å². The van der Waals surface area contributed by atoms with Crippen LogP contribution >= 0.6 is 11.8 Å². The lowest BCUT2D eigenvalue weighted by molar-refractivity contribution is -0.139. The van der Waals surface area contributed by atoms with E-state index in [1.54, 1.807) is 10.7 Å². The average molecular weight is 699 g/mol. The lowest BCUT2D eigenvalue weighted by atomic mass is 10.0. The second kappa shape index (κ2) is 15.1. The largest absolute Gasteiger partial charge is 0.417 e. The number of thioether (sulfide) groups is 1. The number of fused-ring (bicyclic) bond motifs is 1. The van der Waals surface area contributed by atoms with E-state index in [-0.39, 0.29) is 18.0 Å². The Labute approximate surface area is 281 Å². The van der Waals surface area contributed by atoms with Crippen LogP contribution in [0.1, 0.15) is 61.8 Å². The van der Waals surface area contributed by atoms with Crippen molar-refractivity contribution >= 4 is 21.8 Å². The lowest BCUT2D eigenvalue weighted by Crippen LogP contribution is -2.46. The minimum atomic E-state index is -4.50. The molecule has 6 rings (SSSR count). The molecular formula is C33H49F3N6O3S2. The lowest BCUT2D eigenvalue weighted by Gasteiger charge is -2.37. The van der Waals surface area contributed by atoms with Crippen LogP contribution in [-0.2, 0) is 35.7 Å². The summed E-state index contributed by atoms with van der Waals surface area (Å²) in [5, 5.41) is 16.1. The molecule has 1 unspecified atom stereocenters. The molecule has 0 spiro atoms.